The van der Waals surface area contributed by atoms with E-state index in [4.69, 9.17) is 0 Å². The first kappa shape index (κ1) is 24.9. The average Bonchev–Trinajstić information content (AvgIpc) is 3.14. The number of hydrogen-bond acceptors (Lipinski definition) is 3. The molecule has 1 aromatic rings. The number of amides is 1. The van der Waals surface area contributed by atoms with Gasteiger partial charge in [0.15, 0.2) is 5.96 Å². The van der Waals surface area contributed by atoms with Gasteiger partial charge in [-0.2, -0.15) is 0 Å². The lowest BCUT2D eigenvalue weighted by atomic mass is 9.93. The Morgan fingerprint density at radius 1 is 1.17 bits per heavy atom. The Kier molecular flexibility index (Phi) is 9.40. The molecule has 0 spiro atoms. The third-order valence-corrected chi connectivity index (χ3v) is 6.21. The fourth-order valence-corrected chi connectivity index (χ4v) is 4.27. The van der Waals surface area contributed by atoms with E-state index in [-0.39, 0.29) is 35.4 Å². The van der Waals surface area contributed by atoms with E-state index in [1.807, 2.05) is 24.1 Å². The van der Waals surface area contributed by atoms with Gasteiger partial charge in [-0.3, -0.25) is 14.7 Å². The van der Waals surface area contributed by atoms with E-state index in [0.29, 0.717) is 13.0 Å². The predicted octanol–water partition coefficient (Wildman–Crippen LogP) is 3.61. The monoisotopic (exact) mass is 527 g/mol. The van der Waals surface area contributed by atoms with Crippen molar-refractivity contribution in [3.05, 3.63) is 29.8 Å². The van der Waals surface area contributed by atoms with Crippen molar-refractivity contribution in [2.24, 2.45) is 10.9 Å². The largest absolute Gasteiger partial charge is 0.355 e. The molecule has 2 N–H and O–H groups in total. The van der Waals surface area contributed by atoms with Crippen LogP contribution >= 0.6 is 24.0 Å². The van der Waals surface area contributed by atoms with Crippen molar-refractivity contribution in [3.8, 4) is 0 Å². The molecule has 2 heterocycles. The molecule has 0 radical (unpaired) electrons. The molecule has 0 saturated carbocycles. The maximum Gasteiger partial charge on any atom is 0.227 e. The van der Waals surface area contributed by atoms with E-state index in [2.05, 4.69) is 53.4 Å². The van der Waals surface area contributed by atoms with Crippen molar-refractivity contribution in [1.82, 2.24) is 15.5 Å². The number of guanidine groups is 1. The molecule has 168 valence electrons. The van der Waals surface area contributed by atoms with Crippen molar-refractivity contribution >= 4 is 41.5 Å². The third-order valence-electron chi connectivity index (χ3n) is 6.21. The van der Waals surface area contributed by atoms with E-state index in [1.165, 1.54) is 31.5 Å². The number of rotatable bonds is 6. The molecular weight excluding hydrogens is 489 g/mol. The summed E-state index contributed by atoms with van der Waals surface area (Å²) in [6.07, 6.45) is 4.25. The minimum atomic E-state index is 0. The van der Waals surface area contributed by atoms with E-state index >= 15 is 0 Å². The minimum Gasteiger partial charge on any atom is -0.355 e. The van der Waals surface area contributed by atoms with Crippen LogP contribution in [0.5, 0.6) is 0 Å². The van der Waals surface area contributed by atoms with Crippen LogP contribution in [-0.2, 0) is 11.3 Å². The van der Waals surface area contributed by atoms with Gasteiger partial charge in [0.1, 0.15) is 0 Å². The van der Waals surface area contributed by atoms with Crippen LogP contribution in [0.1, 0.15) is 52.0 Å². The Morgan fingerprint density at radius 2 is 1.90 bits per heavy atom. The molecule has 2 saturated heterocycles. The summed E-state index contributed by atoms with van der Waals surface area (Å²) in [4.78, 5) is 20.7. The highest BCUT2D eigenvalue weighted by molar-refractivity contribution is 14.0. The molecule has 1 unspecified atom stereocenters. The lowest BCUT2D eigenvalue weighted by Crippen LogP contribution is -2.55. The smallest absolute Gasteiger partial charge is 0.227 e. The molecule has 1 aromatic carbocycles. The van der Waals surface area contributed by atoms with Crippen LogP contribution in [0.2, 0.25) is 0 Å². The SMILES string of the molecule is CN=C(NCc1ccc(N2CCCC2=O)cc1)NCC(C)(C)N1CCCC(C)C1.I. The second-order valence-electron chi connectivity index (χ2n) is 9.10. The number of hydrogen-bond donors (Lipinski definition) is 2. The van der Waals surface area contributed by atoms with Crippen molar-refractivity contribution in [2.75, 3.05) is 38.1 Å². The first-order chi connectivity index (χ1) is 13.9. The number of piperidine rings is 1. The van der Waals surface area contributed by atoms with Gasteiger partial charge in [0, 0.05) is 50.9 Å². The molecule has 6 nitrogen and oxygen atoms in total. The van der Waals surface area contributed by atoms with Gasteiger partial charge in [0.05, 0.1) is 0 Å². The van der Waals surface area contributed by atoms with Crippen LogP contribution in [0.3, 0.4) is 0 Å². The second kappa shape index (κ2) is 11.3. The highest BCUT2D eigenvalue weighted by atomic mass is 127. The van der Waals surface area contributed by atoms with Crippen LogP contribution in [0.15, 0.2) is 29.3 Å². The first-order valence-corrected chi connectivity index (χ1v) is 11.0. The lowest BCUT2D eigenvalue weighted by Gasteiger charge is -2.43. The minimum absolute atomic E-state index is 0. The molecule has 30 heavy (non-hydrogen) atoms. The normalized spacial score (nSPS) is 20.8. The standard InChI is InChI=1S/C23H37N5O.HI/c1-18-7-5-13-27(16-18)23(2,3)17-26-22(24-4)25-15-19-9-11-20(12-10-19)28-14-6-8-21(28)29;/h9-12,18H,5-8,13-17H2,1-4H3,(H2,24,25,26);1H. The van der Waals surface area contributed by atoms with Crippen LogP contribution in [0.25, 0.3) is 0 Å². The number of anilines is 1. The van der Waals surface area contributed by atoms with Crippen molar-refractivity contribution in [1.29, 1.82) is 0 Å². The van der Waals surface area contributed by atoms with Gasteiger partial charge in [0.25, 0.3) is 0 Å². The zero-order chi connectivity index (χ0) is 20.9. The molecule has 2 aliphatic heterocycles. The molecule has 2 aliphatic rings. The molecule has 7 heteroatoms. The molecule has 0 aliphatic carbocycles. The number of nitrogens with one attached hydrogen (secondary N) is 2. The second-order valence-corrected chi connectivity index (χ2v) is 9.10. The van der Waals surface area contributed by atoms with Crippen LogP contribution < -0.4 is 15.5 Å². The number of halogens is 1. The van der Waals surface area contributed by atoms with Crippen LogP contribution in [0.4, 0.5) is 5.69 Å². The van der Waals surface area contributed by atoms with E-state index in [1.54, 1.807) is 0 Å². The first-order valence-electron chi connectivity index (χ1n) is 11.0. The van der Waals surface area contributed by atoms with Crippen molar-refractivity contribution in [3.63, 3.8) is 0 Å². The topological polar surface area (TPSA) is 60.0 Å². The Hall–Kier alpha value is -1.35. The Bertz CT molecular complexity index is 719. The molecule has 0 aromatic heterocycles. The number of likely N-dealkylation sites (tertiary alicyclic amines) is 1. The van der Waals surface area contributed by atoms with Crippen LogP contribution in [-0.4, -0.2) is 55.5 Å². The third kappa shape index (κ3) is 6.57. The highest BCUT2D eigenvalue weighted by Gasteiger charge is 2.30. The summed E-state index contributed by atoms with van der Waals surface area (Å²) in [7, 11) is 1.81. The highest BCUT2D eigenvalue weighted by Crippen LogP contribution is 2.23. The fourth-order valence-electron chi connectivity index (χ4n) is 4.27. The molecule has 1 atom stereocenters. The Balaban J connectivity index is 0.00000320. The summed E-state index contributed by atoms with van der Waals surface area (Å²) < 4.78 is 0. The summed E-state index contributed by atoms with van der Waals surface area (Å²) in [5.41, 5.74) is 2.26. The van der Waals surface area contributed by atoms with Gasteiger partial charge in [-0.05, 0) is 63.3 Å². The Labute approximate surface area is 198 Å². The molecule has 3 rings (SSSR count). The van der Waals surface area contributed by atoms with Gasteiger partial charge < -0.3 is 15.5 Å². The summed E-state index contributed by atoms with van der Waals surface area (Å²) in [6, 6.07) is 8.24. The zero-order valence-corrected chi connectivity index (χ0v) is 21.2. The van der Waals surface area contributed by atoms with Crippen LogP contribution in [0, 0.1) is 5.92 Å². The molecule has 2 fully saturated rings. The van der Waals surface area contributed by atoms with E-state index < -0.39 is 0 Å². The summed E-state index contributed by atoms with van der Waals surface area (Å²) in [6.45, 7) is 11.7. The summed E-state index contributed by atoms with van der Waals surface area (Å²) in [5, 5.41) is 6.91. The molecule has 1 amide bonds. The fraction of sp³-hybridized carbons (Fsp3) is 0.652. The van der Waals surface area contributed by atoms with Gasteiger partial charge in [-0.15, -0.1) is 24.0 Å². The number of benzene rings is 1. The van der Waals surface area contributed by atoms with Crippen molar-refractivity contribution in [2.45, 2.75) is 58.5 Å². The van der Waals surface area contributed by atoms with Gasteiger partial charge in [0.2, 0.25) is 5.91 Å². The zero-order valence-electron chi connectivity index (χ0n) is 18.9. The number of nitrogens with zero attached hydrogens (tertiary/aromatic N) is 3. The van der Waals surface area contributed by atoms with E-state index in [9.17, 15) is 4.79 Å². The van der Waals surface area contributed by atoms with Gasteiger partial charge >= 0.3 is 0 Å². The molecule has 0 bridgehead atoms. The van der Waals surface area contributed by atoms with Crippen molar-refractivity contribution < 1.29 is 4.79 Å². The van der Waals surface area contributed by atoms with E-state index in [0.717, 1.165) is 37.1 Å². The number of carbonyl (C=O) groups is 1. The summed E-state index contributed by atoms with van der Waals surface area (Å²) >= 11 is 0. The maximum atomic E-state index is 11.9. The average molecular weight is 527 g/mol. The van der Waals surface area contributed by atoms with Gasteiger partial charge in [-0.25, -0.2) is 0 Å². The maximum absolute atomic E-state index is 11.9. The predicted molar refractivity (Wildman–Crippen MR) is 136 cm³/mol. The summed E-state index contributed by atoms with van der Waals surface area (Å²) in [5.74, 6) is 1.83. The van der Waals surface area contributed by atoms with Gasteiger partial charge in [-0.1, -0.05) is 19.1 Å². The molecular formula is C23H38IN5O. The number of carbonyl (C=O) groups excluding carboxylic acids is 1. The number of aliphatic imine (C=N–C) groups is 1. The quantitative estimate of drug-likeness (QED) is 0.337. The Morgan fingerprint density at radius 3 is 2.50 bits per heavy atom. The lowest BCUT2D eigenvalue weighted by molar-refractivity contribution is -0.117.